The molecule has 4 rings (SSSR count). The van der Waals surface area contributed by atoms with Crippen LogP contribution in [0.5, 0.6) is 0 Å². The second-order valence-corrected chi connectivity index (χ2v) is 8.50. The van der Waals surface area contributed by atoms with Crippen LogP contribution in [0.1, 0.15) is 30.1 Å². The standard InChI is InChI=1S/C21H19N5O4S/c1-4-22-25-19-16-12-17(14(3)27)26(31(28,29)15-8-6-5-7-9-15)21(16)24-20(23-19)18-11-10-13(2)30-18/h4-12H,1-3H3,(H,23,24,25)/b22-4+. The minimum Gasteiger partial charge on any atom is -0.458 e. The van der Waals surface area contributed by atoms with Crippen LogP contribution in [-0.4, -0.2) is 34.4 Å². The zero-order valence-corrected chi connectivity index (χ0v) is 17.8. The van der Waals surface area contributed by atoms with Crippen molar-refractivity contribution in [3.05, 3.63) is 60.0 Å². The van der Waals surface area contributed by atoms with Crippen molar-refractivity contribution in [3.63, 3.8) is 0 Å². The zero-order valence-electron chi connectivity index (χ0n) is 17.0. The van der Waals surface area contributed by atoms with E-state index >= 15 is 0 Å². The number of hydrogen-bond donors (Lipinski definition) is 1. The van der Waals surface area contributed by atoms with Gasteiger partial charge in [0.1, 0.15) is 11.5 Å². The fourth-order valence-corrected chi connectivity index (χ4v) is 4.64. The van der Waals surface area contributed by atoms with Crippen molar-refractivity contribution in [3.8, 4) is 11.6 Å². The largest absolute Gasteiger partial charge is 0.458 e. The Morgan fingerprint density at radius 1 is 1.16 bits per heavy atom. The SMILES string of the molecule is C/C=N/Nc1nc(-c2ccc(C)o2)nc2c1cc(C(C)=O)n2S(=O)(=O)c1ccccc1. The van der Waals surface area contributed by atoms with Gasteiger partial charge < -0.3 is 4.42 Å². The molecule has 1 N–H and O–H groups in total. The number of ketones is 1. The van der Waals surface area contributed by atoms with Crippen molar-refractivity contribution in [2.45, 2.75) is 25.7 Å². The molecule has 158 valence electrons. The number of aromatic nitrogens is 3. The molecule has 0 saturated heterocycles. The maximum atomic E-state index is 13.5. The third-order valence-corrected chi connectivity index (χ3v) is 6.24. The van der Waals surface area contributed by atoms with Gasteiger partial charge in [0, 0.05) is 13.1 Å². The van der Waals surface area contributed by atoms with Gasteiger partial charge in [-0.05, 0) is 44.2 Å². The maximum absolute atomic E-state index is 13.5. The van der Waals surface area contributed by atoms with E-state index in [1.165, 1.54) is 31.3 Å². The van der Waals surface area contributed by atoms with Crippen molar-refractivity contribution in [1.82, 2.24) is 13.9 Å². The Bertz CT molecular complexity index is 1420. The number of aryl methyl sites for hydroxylation is 1. The highest BCUT2D eigenvalue weighted by Gasteiger charge is 2.28. The van der Waals surface area contributed by atoms with Crippen LogP contribution in [0.2, 0.25) is 0 Å². The molecule has 0 bridgehead atoms. The summed E-state index contributed by atoms with van der Waals surface area (Å²) in [7, 11) is -4.12. The maximum Gasteiger partial charge on any atom is 0.270 e. The van der Waals surface area contributed by atoms with Crippen LogP contribution in [0.3, 0.4) is 0 Å². The van der Waals surface area contributed by atoms with E-state index in [9.17, 15) is 13.2 Å². The summed E-state index contributed by atoms with van der Waals surface area (Å²) in [6, 6.07) is 12.7. The minimum absolute atomic E-state index is 0.0325. The average Bonchev–Trinajstić information content (AvgIpc) is 3.36. The Kier molecular flexibility index (Phi) is 5.15. The van der Waals surface area contributed by atoms with E-state index in [0.29, 0.717) is 16.9 Å². The molecule has 0 atom stereocenters. The number of fused-ring (bicyclic) bond motifs is 1. The number of rotatable bonds is 6. The summed E-state index contributed by atoms with van der Waals surface area (Å²) in [5.74, 6) is 0.982. The Morgan fingerprint density at radius 3 is 2.52 bits per heavy atom. The van der Waals surface area contributed by atoms with Gasteiger partial charge in [0.15, 0.2) is 28.8 Å². The number of hydrazone groups is 1. The second kappa shape index (κ2) is 7.80. The molecular weight excluding hydrogens is 418 g/mol. The number of hydrogen-bond acceptors (Lipinski definition) is 8. The molecule has 10 heteroatoms. The van der Waals surface area contributed by atoms with E-state index in [2.05, 4.69) is 20.5 Å². The Morgan fingerprint density at radius 2 is 1.90 bits per heavy atom. The molecule has 0 fully saturated rings. The lowest BCUT2D eigenvalue weighted by molar-refractivity contribution is 0.101. The van der Waals surface area contributed by atoms with Gasteiger partial charge in [-0.2, -0.15) is 5.10 Å². The molecule has 0 radical (unpaired) electrons. The molecule has 0 aliphatic rings. The number of furan rings is 1. The number of Topliss-reactive ketones (excluding diaryl/α,β-unsaturated/α-hetero) is 1. The van der Waals surface area contributed by atoms with Crippen molar-refractivity contribution < 1.29 is 17.6 Å². The summed E-state index contributed by atoms with van der Waals surface area (Å²) in [6.07, 6.45) is 1.52. The summed E-state index contributed by atoms with van der Waals surface area (Å²) in [4.78, 5) is 21.3. The number of nitrogens with one attached hydrogen (secondary N) is 1. The van der Waals surface area contributed by atoms with E-state index < -0.39 is 15.8 Å². The summed E-state index contributed by atoms with van der Waals surface area (Å²) < 4.78 is 33.5. The number of anilines is 1. The van der Waals surface area contributed by atoms with Gasteiger partial charge in [0.05, 0.1) is 10.3 Å². The van der Waals surface area contributed by atoms with E-state index in [0.717, 1.165) is 3.97 Å². The third kappa shape index (κ3) is 3.61. The lowest BCUT2D eigenvalue weighted by atomic mass is 10.3. The fourth-order valence-electron chi connectivity index (χ4n) is 3.12. The molecule has 4 aromatic rings. The smallest absolute Gasteiger partial charge is 0.270 e. The van der Waals surface area contributed by atoms with Gasteiger partial charge >= 0.3 is 0 Å². The highest BCUT2D eigenvalue weighted by Crippen LogP contribution is 2.31. The van der Waals surface area contributed by atoms with E-state index in [-0.39, 0.29) is 27.9 Å². The zero-order chi connectivity index (χ0) is 22.2. The Balaban J connectivity index is 2.09. The lowest BCUT2D eigenvalue weighted by Crippen LogP contribution is -2.18. The van der Waals surface area contributed by atoms with Crippen LogP contribution in [0, 0.1) is 6.92 Å². The first kappa shape index (κ1) is 20.5. The quantitative estimate of drug-likeness (QED) is 0.276. The van der Waals surface area contributed by atoms with Gasteiger partial charge in [0.2, 0.25) is 0 Å². The van der Waals surface area contributed by atoms with Crippen LogP contribution in [0.4, 0.5) is 5.82 Å². The van der Waals surface area contributed by atoms with Crippen molar-refractivity contribution in [2.24, 2.45) is 5.10 Å². The predicted octanol–water partition coefficient (Wildman–Crippen LogP) is 3.86. The molecule has 0 aliphatic carbocycles. The van der Waals surface area contributed by atoms with Gasteiger partial charge in [-0.1, -0.05) is 18.2 Å². The summed E-state index contributed by atoms with van der Waals surface area (Å²) >= 11 is 0. The van der Waals surface area contributed by atoms with E-state index in [1.54, 1.807) is 44.2 Å². The summed E-state index contributed by atoms with van der Waals surface area (Å²) in [6.45, 7) is 4.79. The second-order valence-electron chi connectivity index (χ2n) is 6.71. The first-order chi connectivity index (χ1) is 14.8. The molecule has 9 nitrogen and oxygen atoms in total. The van der Waals surface area contributed by atoms with E-state index in [1.807, 2.05) is 0 Å². The highest BCUT2D eigenvalue weighted by atomic mass is 32.2. The molecule has 0 aliphatic heterocycles. The Hall–Kier alpha value is -3.79. The average molecular weight is 437 g/mol. The molecule has 0 amide bonds. The summed E-state index contributed by atoms with van der Waals surface area (Å²) in [5.41, 5.74) is 2.79. The van der Waals surface area contributed by atoms with Gasteiger partial charge in [0.25, 0.3) is 10.0 Å². The van der Waals surface area contributed by atoms with Crippen LogP contribution >= 0.6 is 0 Å². The highest BCUT2D eigenvalue weighted by molar-refractivity contribution is 7.90. The molecule has 3 aromatic heterocycles. The first-order valence-corrected chi connectivity index (χ1v) is 10.8. The van der Waals surface area contributed by atoms with Crippen molar-refractivity contribution in [2.75, 3.05) is 5.43 Å². The van der Waals surface area contributed by atoms with Crippen molar-refractivity contribution >= 4 is 38.9 Å². The fraction of sp³-hybridized carbons (Fsp3) is 0.143. The molecule has 31 heavy (non-hydrogen) atoms. The summed E-state index contributed by atoms with van der Waals surface area (Å²) in [5, 5.41) is 4.33. The first-order valence-electron chi connectivity index (χ1n) is 9.38. The van der Waals surface area contributed by atoms with Crippen LogP contribution in [-0.2, 0) is 10.0 Å². The number of nitrogens with zero attached hydrogens (tertiary/aromatic N) is 4. The monoisotopic (exact) mass is 437 g/mol. The Labute approximate surface area is 178 Å². The lowest BCUT2D eigenvalue weighted by Gasteiger charge is -2.11. The molecule has 1 aromatic carbocycles. The van der Waals surface area contributed by atoms with Crippen molar-refractivity contribution in [1.29, 1.82) is 0 Å². The van der Waals surface area contributed by atoms with Crippen LogP contribution in [0.15, 0.2) is 62.9 Å². The molecule has 0 saturated carbocycles. The van der Waals surface area contributed by atoms with Gasteiger partial charge in [-0.25, -0.2) is 22.4 Å². The van der Waals surface area contributed by atoms with Crippen LogP contribution < -0.4 is 5.43 Å². The molecular formula is C21H19N5O4S. The number of carbonyl (C=O) groups is 1. The molecule has 3 heterocycles. The predicted molar refractivity (Wildman–Crippen MR) is 117 cm³/mol. The topological polar surface area (TPSA) is 119 Å². The molecule has 0 spiro atoms. The normalized spacial score (nSPS) is 12.0. The number of benzene rings is 1. The minimum atomic E-state index is -4.12. The molecule has 0 unspecified atom stereocenters. The van der Waals surface area contributed by atoms with Gasteiger partial charge in [-0.3, -0.25) is 10.2 Å². The van der Waals surface area contributed by atoms with Gasteiger partial charge in [-0.15, -0.1) is 0 Å². The van der Waals surface area contributed by atoms with Crippen LogP contribution in [0.25, 0.3) is 22.6 Å². The van der Waals surface area contributed by atoms with E-state index in [4.69, 9.17) is 4.42 Å². The third-order valence-electron chi connectivity index (χ3n) is 4.52. The number of carbonyl (C=O) groups excluding carboxylic acids is 1.